The van der Waals surface area contributed by atoms with E-state index in [0.29, 0.717) is 42.3 Å². The summed E-state index contributed by atoms with van der Waals surface area (Å²) in [6, 6.07) is 6.47. The molecule has 0 bridgehead atoms. The van der Waals surface area contributed by atoms with Gasteiger partial charge in [0.1, 0.15) is 0 Å². The Hall–Kier alpha value is -1.31. The number of rotatable bonds is 10. The predicted molar refractivity (Wildman–Crippen MR) is 133 cm³/mol. The molecule has 8 heteroatoms. The summed E-state index contributed by atoms with van der Waals surface area (Å²) in [5, 5.41) is 15.3. The molecule has 1 saturated carbocycles. The van der Waals surface area contributed by atoms with Crippen molar-refractivity contribution in [2.45, 2.75) is 82.4 Å². The standard InChI is InChI=1S/C27H40ClF3N2O2/c1-32-18-21(15-20-7-3-2-4-8-20)16-25(34)33-14-6-10-23(19-33)26(35,12-13-27(29,30)31)22-9-5-11-24(28)17-22/h5,9,11,17,20-21,23,32,35H,2-4,6-8,10,12-16,18-19H2,1H3/t21-,23-,26-/m1/s1. The van der Waals surface area contributed by atoms with Crippen molar-refractivity contribution in [3.05, 3.63) is 34.9 Å². The highest BCUT2D eigenvalue weighted by molar-refractivity contribution is 6.30. The lowest BCUT2D eigenvalue weighted by Crippen LogP contribution is -2.49. The Morgan fingerprint density at radius 2 is 1.91 bits per heavy atom. The second kappa shape index (κ2) is 12.8. The maximum Gasteiger partial charge on any atom is 0.389 e. The van der Waals surface area contributed by atoms with Crippen molar-refractivity contribution >= 4 is 17.5 Å². The largest absolute Gasteiger partial charge is 0.389 e. The summed E-state index contributed by atoms with van der Waals surface area (Å²) >= 11 is 6.12. The molecule has 1 saturated heterocycles. The first-order valence-electron chi connectivity index (χ1n) is 13.1. The van der Waals surface area contributed by atoms with Gasteiger partial charge in [0.15, 0.2) is 0 Å². The molecule has 0 radical (unpaired) electrons. The van der Waals surface area contributed by atoms with Gasteiger partial charge in [-0.2, -0.15) is 13.2 Å². The van der Waals surface area contributed by atoms with E-state index in [-0.39, 0.29) is 18.4 Å². The number of piperidine rings is 1. The van der Waals surface area contributed by atoms with Gasteiger partial charge < -0.3 is 15.3 Å². The molecule has 2 N–H and O–H groups in total. The van der Waals surface area contributed by atoms with Gasteiger partial charge >= 0.3 is 6.18 Å². The number of benzene rings is 1. The number of carbonyl (C=O) groups is 1. The van der Waals surface area contributed by atoms with Gasteiger partial charge in [0.25, 0.3) is 0 Å². The average molecular weight is 517 g/mol. The molecule has 1 aliphatic heterocycles. The van der Waals surface area contributed by atoms with Crippen molar-refractivity contribution in [2.24, 2.45) is 17.8 Å². The predicted octanol–water partition coefficient (Wildman–Crippen LogP) is 6.30. The maximum atomic E-state index is 13.3. The maximum absolute atomic E-state index is 13.3. The van der Waals surface area contributed by atoms with E-state index < -0.39 is 30.5 Å². The summed E-state index contributed by atoms with van der Waals surface area (Å²) in [7, 11) is 1.90. The number of alkyl halides is 3. The van der Waals surface area contributed by atoms with Gasteiger partial charge in [-0.25, -0.2) is 0 Å². The summed E-state index contributed by atoms with van der Waals surface area (Å²) in [6.07, 6.45) is 3.04. The first-order valence-corrected chi connectivity index (χ1v) is 13.5. The number of amides is 1. The minimum absolute atomic E-state index is 0.0371. The van der Waals surface area contributed by atoms with Crippen LogP contribution in [0, 0.1) is 17.8 Å². The molecule has 0 aromatic heterocycles. The van der Waals surface area contributed by atoms with E-state index in [4.69, 9.17) is 11.6 Å². The fourth-order valence-corrected chi connectivity index (χ4v) is 6.26. The molecule has 1 amide bonds. The Labute approximate surface area is 212 Å². The molecule has 2 fully saturated rings. The highest BCUT2D eigenvalue weighted by atomic mass is 35.5. The number of halogens is 4. The number of hydrogen-bond acceptors (Lipinski definition) is 3. The molecular weight excluding hydrogens is 477 g/mol. The topological polar surface area (TPSA) is 52.6 Å². The zero-order valence-corrected chi connectivity index (χ0v) is 21.5. The lowest BCUT2D eigenvalue weighted by Gasteiger charge is -2.43. The first kappa shape index (κ1) is 28.3. The molecule has 1 aromatic rings. The van der Waals surface area contributed by atoms with Gasteiger partial charge in [0.05, 0.1) is 5.60 Å². The average Bonchev–Trinajstić information content (AvgIpc) is 2.83. The third kappa shape index (κ3) is 8.36. The molecule has 0 unspecified atom stereocenters. The smallest absolute Gasteiger partial charge is 0.385 e. The number of carbonyl (C=O) groups excluding carboxylic acids is 1. The van der Waals surface area contributed by atoms with E-state index >= 15 is 0 Å². The second-order valence-electron chi connectivity index (χ2n) is 10.6. The lowest BCUT2D eigenvalue weighted by molar-refractivity contribution is -0.158. The van der Waals surface area contributed by atoms with Crippen molar-refractivity contribution in [3.63, 3.8) is 0 Å². The molecular formula is C27H40ClF3N2O2. The fraction of sp³-hybridized carbons (Fsp3) is 0.741. The van der Waals surface area contributed by atoms with Crippen LogP contribution in [0.1, 0.15) is 76.2 Å². The first-order chi connectivity index (χ1) is 16.6. The van der Waals surface area contributed by atoms with Gasteiger partial charge in [0.2, 0.25) is 5.91 Å². The summed E-state index contributed by atoms with van der Waals surface area (Å²) in [5.41, 5.74) is -1.31. The van der Waals surface area contributed by atoms with Crippen molar-refractivity contribution < 1.29 is 23.1 Å². The minimum atomic E-state index is -4.38. The van der Waals surface area contributed by atoms with Crippen molar-refractivity contribution in [2.75, 3.05) is 26.7 Å². The summed E-state index contributed by atoms with van der Waals surface area (Å²) in [4.78, 5) is 15.1. The Balaban J connectivity index is 1.71. The molecule has 1 heterocycles. The van der Waals surface area contributed by atoms with Crippen molar-refractivity contribution in [3.8, 4) is 0 Å². The lowest BCUT2D eigenvalue weighted by atomic mass is 9.74. The van der Waals surface area contributed by atoms with E-state index in [2.05, 4.69) is 5.32 Å². The van der Waals surface area contributed by atoms with Crippen LogP contribution in [0.2, 0.25) is 5.02 Å². The molecule has 0 spiro atoms. The zero-order chi connectivity index (χ0) is 25.5. The summed E-state index contributed by atoms with van der Waals surface area (Å²) < 4.78 is 39.5. The quantitative estimate of drug-likeness (QED) is 0.383. The van der Waals surface area contributed by atoms with Gasteiger partial charge in [-0.05, 0) is 68.8 Å². The second-order valence-corrected chi connectivity index (χ2v) is 11.0. The van der Waals surface area contributed by atoms with Crippen LogP contribution in [-0.4, -0.2) is 48.8 Å². The van der Waals surface area contributed by atoms with Crippen LogP contribution in [0.3, 0.4) is 0 Å². The Morgan fingerprint density at radius 1 is 1.17 bits per heavy atom. The molecule has 35 heavy (non-hydrogen) atoms. The van der Waals surface area contributed by atoms with Crippen LogP contribution in [0.15, 0.2) is 24.3 Å². The highest BCUT2D eigenvalue weighted by Gasteiger charge is 2.44. The Morgan fingerprint density at radius 3 is 2.57 bits per heavy atom. The number of nitrogens with one attached hydrogen (secondary N) is 1. The van der Waals surface area contributed by atoms with Gasteiger partial charge in [-0.1, -0.05) is 55.8 Å². The highest BCUT2D eigenvalue weighted by Crippen LogP contribution is 2.42. The van der Waals surface area contributed by atoms with Crippen LogP contribution in [-0.2, 0) is 10.4 Å². The van der Waals surface area contributed by atoms with Crippen LogP contribution >= 0.6 is 11.6 Å². The molecule has 3 atom stereocenters. The number of aliphatic hydroxyl groups is 1. The summed E-state index contributed by atoms with van der Waals surface area (Å²) in [5.74, 6) is 0.462. The molecule has 198 valence electrons. The number of nitrogens with zero attached hydrogens (tertiary/aromatic N) is 1. The SMILES string of the molecule is CNC[C@@H](CC(=O)N1CCC[C@@H]([C@@](O)(CCC(F)(F)F)c2cccc(Cl)c2)C1)CC1CCCCC1. The van der Waals surface area contributed by atoms with E-state index in [1.165, 1.54) is 32.1 Å². The van der Waals surface area contributed by atoms with Gasteiger partial charge in [0, 0.05) is 36.9 Å². The number of hydrogen-bond donors (Lipinski definition) is 2. The van der Waals surface area contributed by atoms with Crippen LogP contribution in [0.25, 0.3) is 0 Å². The third-order valence-corrected chi connectivity index (χ3v) is 8.15. The monoisotopic (exact) mass is 516 g/mol. The van der Waals surface area contributed by atoms with Crippen LogP contribution in [0.5, 0.6) is 0 Å². The minimum Gasteiger partial charge on any atom is -0.385 e. The summed E-state index contributed by atoms with van der Waals surface area (Å²) in [6.45, 7) is 1.61. The van der Waals surface area contributed by atoms with E-state index in [0.717, 1.165) is 13.0 Å². The van der Waals surface area contributed by atoms with E-state index in [1.54, 1.807) is 29.2 Å². The normalized spacial score (nSPS) is 22.6. The fourth-order valence-electron chi connectivity index (χ4n) is 6.07. The number of likely N-dealkylation sites (tertiary alicyclic amines) is 1. The van der Waals surface area contributed by atoms with Crippen LogP contribution in [0.4, 0.5) is 13.2 Å². The van der Waals surface area contributed by atoms with Crippen molar-refractivity contribution in [1.82, 2.24) is 10.2 Å². The van der Waals surface area contributed by atoms with Gasteiger partial charge in [-0.3, -0.25) is 4.79 Å². The van der Waals surface area contributed by atoms with E-state index in [1.807, 2.05) is 7.05 Å². The Kier molecular flexibility index (Phi) is 10.3. The molecule has 1 aromatic carbocycles. The van der Waals surface area contributed by atoms with Gasteiger partial charge in [-0.15, -0.1) is 0 Å². The molecule has 3 rings (SSSR count). The third-order valence-electron chi connectivity index (χ3n) is 7.91. The molecule has 1 aliphatic carbocycles. The Bertz CT molecular complexity index is 816. The van der Waals surface area contributed by atoms with Crippen molar-refractivity contribution in [1.29, 1.82) is 0 Å². The molecule has 2 aliphatic rings. The molecule has 4 nitrogen and oxygen atoms in total. The zero-order valence-electron chi connectivity index (χ0n) is 20.8. The van der Waals surface area contributed by atoms with Crippen LogP contribution < -0.4 is 5.32 Å². The van der Waals surface area contributed by atoms with E-state index in [9.17, 15) is 23.1 Å².